The highest BCUT2D eigenvalue weighted by atomic mass is 79.9. The summed E-state index contributed by atoms with van der Waals surface area (Å²) in [4.78, 5) is 12.9. The molecule has 0 bridgehead atoms. The van der Waals surface area contributed by atoms with E-state index in [1.807, 2.05) is 72.8 Å². The lowest BCUT2D eigenvalue weighted by Gasteiger charge is -2.20. The summed E-state index contributed by atoms with van der Waals surface area (Å²) in [6.07, 6.45) is 0.219. The average Bonchev–Trinajstić information content (AvgIpc) is 2.74. The van der Waals surface area contributed by atoms with Gasteiger partial charge in [0.2, 0.25) is 5.91 Å². The molecule has 3 rings (SSSR count). The predicted octanol–water partition coefficient (Wildman–Crippen LogP) is 4.91. The van der Waals surface area contributed by atoms with Crippen LogP contribution in [0.25, 0.3) is 0 Å². The second kappa shape index (κ2) is 9.42. The number of halogens is 1. The van der Waals surface area contributed by atoms with E-state index in [9.17, 15) is 4.79 Å². The lowest BCUT2D eigenvalue weighted by molar-refractivity contribution is -0.120. The van der Waals surface area contributed by atoms with Crippen LogP contribution in [0.3, 0.4) is 0 Å². The van der Waals surface area contributed by atoms with Crippen molar-refractivity contribution in [2.24, 2.45) is 0 Å². The van der Waals surface area contributed by atoms with Gasteiger partial charge in [-0.1, -0.05) is 76.6 Å². The van der Waals surface area contributed by atoms with Crippen molar-refractivity contribution in [3.8, 4) is 11.5 Å². The van der Waals surface area contributed by atoms with Crippen molar-refractivity contribution in [3.63, 3.8) is 0 Å². The molecule has 0 heterocycles. The zero-order valence-electron chi connectivity index (χ0n) is 15.8. The third-order valence-corrected chi connectivity index (χ3v) is 5.21. The summed E-state index contributed by atoms with van der Waals surface area (Å²) in [6.45, 7) is 0. The summed E-state index contributed by atoms with van der Waals surface area (Å²) in [5.41, 5.74) is 2.90. The Kier molecular flexibility index (Phi) is 6.71. The summed E-state index contributed by atoms with van der Waals surface area (Å²) >= 11 is 3.52. The smallest absolute Gasteiger partial charge is 0.225 e. The van der Waals surface area contributed by atoms with Crippen molar-refractivity contribution in [2.45, 2.75) is 12.5 Å². The van der Waals surface area contributed by atoms with Crippen LogP contribution in [0.5, 0.6) is 11.5 Å². The highest BCUT2D eigenvalue weighted by Gasteiger charge is 2.18. The molecule has 0 saturated heterocycles. The van der Waals surface area contributed by atoms with E-state index < -0.39 is 0 Å². The van der Waals surface area contributed by atoms with E-state index in [2.05, 4.69) is 21.2 Å². The van der Waals surface area contributed by atoms with Crippen molar-refractivity contribution in [3.05, 3.63) is 94.0 Å². The fraction of sp³-hybridized carbons (Fsp3) is 0.174. The molecular formula is C23H22BrNO3. The van der Waals surface area contributed by atoms with E-state index >= 15 is 0 Å². The number of methoxy groups -OCH3 is 2. The van der Waals surface area contributed by atoms with Gasteiger partial charge >= 0.3 is 0 Å². The monoisotopic (exact) mass is 439 g/mol. The molecule has 0 aliphatic rings. The SMILES string of the molecule is COc1cc(Br)c(CC(=O)NC(c2ccccc2)c2ccccc2)cc1OC. The number of carbonyl (C=O) groups excluding carboxylic acids is 1. The summed E-state index contributed by atoms with van der Waals surface area (Å²) in [5.74, 6) is 1.13. The zero-order valence-corrected chi connectivity index (χ0v) is 17.4. The average molecular weight is 440 g/mol. The molecular weight excluding hydrogens is 418 g/mol. The maximum Gasteiger partial charge on any atom is 0.225 e. The van der Waals surface area contributed by atoms with Gasteiger partial charge in [0.05, 0.1) is 26.7 Å². The quantitative estimate of drug-likeness (QED) is 0.568. The number of benzene rings is 3. The number of rotatable bonds is 7. The molecule has 0 aliphatic heterocycles. The normalized spacial score (nSPS) is 10.6. The van der Waals surface area contributed by atoms with Crippen LogP contribution in [0.15, 0.2) is 77.3 Å². The van der Waals surface area contributed by atoms with E-state index in [0.717, 1.165) is 21.2 Å². The van der Waals surface area contributed by atoms with Crippen LogP contribution < -0.4 is 14.8 Å². The molecule has 0 fully saturated rings. The molecule has 5 heteroatoms. The topological polar surface area (TPSA) is 47.6 Å². The van der Waals surface area contributed by atoms with Gasteiger partial charge in [-0.25, -0.2) is 0 Å². The van der Waals surface area contributed by atoms with E-state index in [0.29, 0.717) is 11.5 Å². The van der Waals surface area contributed by atoms with Crippen molar-refractivity contribution >= 4 is 21.8 Å². The van der Waals surface area contributed by atoms with Crippen molar-refractivity contribution < 1.29 is 14.3 Å². The van der Waals surface area contributed by atoms with Crippen molar-refractivity contribution in [2.75, 3.05) is 14.2 Å². The molecule has 1 amide bonds. The minimum atomic E-state index is -0.214. The van der Waals surface area contributed by atoms with E-state index in [-0.39, 0.29) is 18.4 Å². The molecule has 0 aromatic heterocycles. The zero-order chi connectivity index (χ0) is 19.9. The Bertz CT molecular complexity index is 890. The minimum absolute atomic E-state index is 0.0781. The standard InChI is InChI=1S/C23H22BrNO3/c1-27-20-13-18(19(24)15-21(20)28-2)14-22(26)25-23(16-9-5-3-6-10-16)17-11-7-4-8-12-17/h3-13,15,23H,14H2,1-2H3,(H,25,26). The van der Waals surface area contributed by atoms with E-state index in [1.54, 1.807) is 14.2 Å². The van der Waals surface area contributed by atoms with Gasteiger partial charge in [-0.3, -0.25) is 4.79 Å². The van der Waals surface area contributed by atoms with Crippen molar-refractivity contribution in [1.82, 2.24) is 5.32 Å². The summed E-state index contributed by atoms with van der Waals surface area (Å²) in [7, 11) is 3.16. The summed E-state index contributed by atoms with van der Waals surface area (Å²) in [6, 6.07) is 23.3. The largest absolute Gasteiger partial charge is 0.493 e. The van der Waals surface area contributed by atoms with Crippen LogP contribution >= 0.6 is 15.9 Å². The Morgan fingerprint density at radius 1 is 0.893 bits per heavy atom. The Morgan fingerprint density at radius 3 is 1.89 bits per heavy atom. The predicted molar refractivity (Wildman–Crippen MR) is 114 cm³/mol. The van der Waals surface area contributed by atoms with Crippen LogP contribution in [-0.4, -0.2) is 20.1 Å². The molecule has 4 nitrogen and oxygen atoms in total. The first-order valence-corrected chi connectivity index (χ1v) is 9.71. The Labute approximate surface area is 173 Å². The molecule has 0 spiro atoms. The number of hydrogen-bond donors (Lipinski definition) is 1. The summed E-state index contributed by atoms with van der Waals surface area (Å²) < 4.78 is 11.5. The Hall–Kier alpha value is -2.79. The Balaban J connectivity index is 1.84. The fourth-order valence-corrected chi connectivity index (χ4v) is 3.53. The lowest BCUT2D eigenvalue weighted by atomic mass is 9.98. The maximum atomic E-state index is 12.9. The number of amides is 1. The second-order valence-corrected chi connectivity index (χ2v) is 7.15. The first kappa shape index (κ1) is 20.0. The van der Waals surface area contributed by atoms with Crippen LogP contribution in [0, 0.1) is 0 Å². The van der Waals surface area contributed by atoms with Gasteiger partial charge in [-0.05, 0) is 28.8 Å². The highest BCUT2D eigenvalue weighted by molar-refractivity contribution is 9.10. The molecule has 1 N–H and O–H groups in total. The van der Waals surface area contributed by atoms with E-state index in [1.165, 1.54) is 0 Å². The molecule has 0 atom stereocenters. The first-order chi connectivity index (χ1) is 13.6. The summed E-state index contributed by atoms with van der Waals surface area (Å²) in [5, 5.41) is 3.16. The van der Waals surface area contributed by atoms with Gasteiger partial charge < -0.3 is 14.8 Å². The van der Waals surface area contributed by atoms with Gasteiger partial charge in [0.25, 0.3) is 0 Å². The number of carbonyl (C=O) groups is 1. The molecule has 3 aromatic carbocycles. The lowest BCUT2D eigenvalue weighted by Crippen LogP contribution is -2.30. The minimum Gasteiger partial charge on any atom is -0.493 e. The number of nitrogens with one attached hydrogen (secondary N) is 1. The maximum absolute atomic E-state index is 12.9. The highest BCUT2D eigenvalue weighted by Crippen LogP contribution is 2.33. The van der Waals surface area contributed by atoms with Gasteiger partial charge in [-0.15, -0.1) is 0 Å². The van der Waals surface area contributed by atoms with Gasteiger partial charge in [0.15, 0.2) is 11.5 Å². The van der Waals surface area contributed by atoms with Gasteiger partial charge in [0, 0.05) is 4.47 Å². The molecule has 144 valence electrons. The molecule has 0 unspecified atom stereocenters. The van der Waals surface area contributed by atoms with Crippen molar-refractivity contribution in [1.29, 1.82) is 0 Å². The molecule has 3 aromatic rings. The Morgan fingerprint density at radius 2 is 1.39 bits per heavy atom. The third kappa shape index (κ3) is 4.73. The molecule has 0 radical (unpaired) electrons. The van der Waals surface area contributed by atoms with Crippen LogP contribution in [-0.2, 0) is 11.2 Å². The second-order valence-electron chi connectivity index (χ2n) is 6.30. The van der Waals surface area contributed by atoms with Crippen LogP contribution in [0.2, 0.25) is 0 Å². The third-order valence-electron chi connectivity index (χ3n) is 4.47. The fourth-order valence-electron chi connectivity index (χ4n) is 3.07. The van der Waals surface area contributed by atoms with E-state index in [4.69, 9.17) is 9.47 Å². The van der Waals surface area contributed by atoms with Gasteiger partial charge in [0.1, 0.15) is 0 Å². The molecule has 0 aliphatic carbocycles. The van der Waals surface area contributed by atoms with Crippen LogP contribution in [0.4, 0.5) is 0 Å². The number of hydrogen-bond acceptors (Lipinski definition) is 3. The molecule has 28 heavy (non-hydrogen) atoms. The van der Waals surface area contributed by atoms with Crippen LogP contribution in [0.1, 0.15) is 22.7 Å². The first-order valence-electron chi connectivity index (χ1n) is 8.92. The van der Waals surface area contributed by atoms with Gasteiger partial charge in [-0.2, -0.15) is 0 Å². The number of ether oxygens (including phenoxy) is 2. The molecule has 0 saturated carbocycles.